The molecule has 2 amide bonds. The Hall–Kier alpha value is -3.17. The number of benzene rings is 2. The predicted molar refractivity (Wildman–Crippen MR) is 121 cm³/mol. The van der Waals surface area contributed by atoms with Gasteiger partial charge in [0.1, 0.15) is 18.1 Å². The summed E-state index contributed by atoms with van der Waals surface area (Å²) in [4.78, 5) is 24.2. The number of amides is 2. The number of aryl methyl sites for hydroxylation is 1. The molecule has 9 heteroatoms. The Kier molecular flexibility index (Phi) is 9.73. The van der Waals surface area contributed by atoms with Crippen LogP contribution in [-0.2, 0) is 9.53 Å². The second kappa shape index (κ2) is 12.5. The van der Waals surface area contributed by atoms with Crippen LogP contribution in [0.2, 0.25) is 0 Å². The molecule has 2 aromatic rings. The van der Waals surface area contributed by atoms with Crippen molar-refractivity contribution >= 4 is 29.1 Å². The number of carbonyl (C=O) groups is 2. The van der Waals surface area contributed by atoms with Gasteiger partial charge >= 0.3 is 0 Å². The molecule has 31 heavy (non-hydrogen) atoms. The number of rotatable bonds is 9. The van der Waals surface area contributed by atoms with Crippen LogP contribution in [-0.4, -0.2) is 43.4 Å². The number of carbonyl (C=O) groups excluding carboxylic acids is 2. The zero-order valence-electron chi connectivity index (χ0n) is 17.8. The van der Waals surface area contributed by atoms with E-state index in [0.717, 1.165) is 11.1 Å². The molecule has 0 aromatic heterocycles. The van der Waals surface area contributed by atoms with Gasteiger partial charge < -0.3 is 14.2 Å². The first-order valence-electron chi connectivity index (χ1n) is 9.80. The van der Waals surface area contributed by atoms with Crippen molar-refractivity contribution < 1.29 is 23.8 Å². The van der Waals surface area contributed by atoms with Crippen LogP contribution in [0.5, 0.6) is 11.5 Å². The number of nitrogens with one attached hydrogen (secondary N) is 3. The first-order valence-corrected chi connectivity index (χ1v) is 10.2. The average molecular weight is 446 g/mol. The molecule has 2 rings (SSSR count). The molecule has 0 bridgehead atoms. The molecular weight excluding hydrogens is 418 g/mol. The Bertz CT molecular complexity index is 903. The number of ether oxygens (including phenoxy) is 3. The van der Waals surface area contributed by atoms with Gasteiger partial charge in [0.05, 0.1) is 6.61 Å². The van der Waals surface area contributed by atoms with Crippen LogP contribution in [0.3, 0.4) is 0 Å². The van der Waals surface area contributed by atoms with E-state index in [1.165, 1.54) is 0 Å². The maximum atomic E-state index is 12.3. The van der Waals surface area contributed by atoms with Crippen molar-refractivity contribution in [3.63, 3.8) is 0 Å². The number of thiocarbonyl (C=S) groups is 1. The van der Waals surface area contributed by atoms with E-state index in [1.54, 1.807) is 30.3 Å². The summed E-state index contributed by atoms with van der Waals surface area (Å²) in [6.45, 7) is 7.17. The van der Waals surface area contributed by atoms with Crippen LogP contribution in [0, 0.1) is 13.8 Å². The van der Waals surface area contributed by atoms with Crippen molar-refractivity contribution in [1.29, 1.82) is 0 Å². The smallest absolute Gasteiger partial charge is 0.276 e. The van der Waals surface area contributed by atoms with Gasteiger partial charge in [-0.1, -0.05) is 12.1 Å². The minimum Gasteiger partial charge on any atom is -0.491 e. The summed E-state index contributed by atoms with van der Waals surface area (Å²) >= 11 is 5.03. The summed E-state index contributed by atoms with van der Waals surface area (Å²) in [6.07, 6.45) is 0. The number of hydrogen-bond acceptors (Lipinski definition) is 6. The molecule has 0 unspecified atom stereocenters. The van der Waals surface area contributed by atoms with E-state index in [9.17, 15) is 9.59 Å². The van der Waals surface area contributed by atoms with Gasteiger partial charge in [-0.2, -0.15) is 0 Å². The van der Waals surface area contributed by atoms with Crippen molar-refractivity contribution in [2.45, 2.75) is 20.8 Å². The lowest BCUT2D eigenvalue weighted by Crippen LogP contribution is -2.49. The van der Waals surface area contributed by atoms with Crippen molar-refractivity contribution in [2.24, 2.45) is 0 Å². The molecule has 8 nitrogen and oxygen atoms in total. The maximum Gasteiger partial charge on any atom is 0.276 e. The number of hydrazine groups is 1. The Labute approximate surface area is 187 Å². The molecular formula is C22H27N3O5S. The van der Waals surface area contributed by atoms with Gasteiger partial charge in [-0.15, -0.1) is 0 Å². The minimum atomic E-state index is -0.439. The van der Waals surface area contributed by atoms with Gasteiger partial charge in [0, 0.05) is 12.2 Å². The standard InChI is InChI=1S/C22H27N3O5S/c1-4-28-12-13-29-18-10-8-17(9-11-18)21(27)23-22(31)25-24-20(26)14-30-19-7-5-6-15(2)16(19)3/h5-11H,4,12-14H2,1-3H3,(H,24,26)(H2,23,25,27,31). The van der Waals surface area contributed by atoms with Crippen LogP contribution in [0.25, 0.3) is 0 Å². The highest BCUT2D eigenvalue weighted by atomic mass is 32.1. The second-order valence-corrected chi connectivity index (χ2v) is 6.92. The van der Waals surface area contributed by atoms with Crippen LogP contribution in [0.15, 0.2) is 42.5 Å². The predicted octanol–water partition coefficient (Wildman–Crippen LogP) is 2.43. The molecule has 0 saturated heterocycles. The van der Waals surface area contributed by atoms with Gasteiger partial charge in [0.15, 0.2) is 11.7 Å². The highest BCUT2D eigenvalue weighted by Crippen LogP contribution is 2.20. The molecule has 0 aliphatic heterocycles. The molecule has 0 aliphatic carbocycles. The Morgan fingerprint density at radius 1 is 0.968 bits per heavy atom. The van der Waals surface area contributed by atoms with Crippen LogP contribution in [0.4, 0.5) is 0 Å². The van der Waals surface area contributed by atoms with Gasteiger partial charge in [-0.3, -0.25) is 25.8 Å². The zero-order valence-corrected chi connectivity index (χ0v) is 18.6. The molecule has 166 valence electrons. The molecule has 0 spiro atoms. The Morgan fingerprint density at radius 2 is 1.71 bits per heavy atom. The summed E-state index contributed by atoms with van der Waals surface area (Å²) in [5, 5.41) is 2.45. The van der Waals surface area contributed by atoms with Crippen LogP contribution < -0.4 is 25.6 Å². The third-order valence-electron chi connectivity index (χ3n) is 4.27. The molecule has 0 heterocycles. The lowest BCUT2D eigenvalue weighted by molar-refractivity contribution is -0.123. The van der Waals surface area contributed by atoms with E-state index in [-0.39, 0.29) is 11.7 Å². The topological polar surface area (TPSA) is 97.9 Å². The summed E-state index contributed by atoms with van der Waals surface area (Å²) in [5.41, 5.74) is 7.30. The van der Waals surface area contributed by atoms with Gasteiger partial charge in [0.2, 0.25) is 0 Å². The fourth-order valence-corrected chi connectivity index (χ4v) is 2.60. The highest BCUT2D eigenvalue weighted by molar-refractivity contribution is 7.80. The average Bonchev–Trinajstić information content (AvgIpc) is 2.76. The van der Waals surface area contributed by atoms with Crippen molar-refractivity contribution in [2.75, 3.05) is 26.4 Å². The Balaban J connectivity index is 1.72. The maximum absolute atomic E-state index is 12.3. The van der Waals surface area contributed by atoms with Crippen molar-refractivity contribution in [3.05, 3.63) is 59.2 Å². The molecule has 3 N–H and O–H groups in total. The largest absolute Gasteiger partial charge is 0.491 e. The van der Waals surface area contributed by atoms with E-state index in [1.807, 2.05) is 32.9 Å². The fraction of sp³-hybridized carbons (Fsp3) is 0.318. The highest BCUT2D eigenvalue weighted by Gasteiger charge is 2.10. The monoisotopic (exact) mass is 445 g/mol. The first-order chi connectivity index (χ1) is 14.9. The van der Waals surface area contributed by atoms with E-state index >= 15 is 0 Å². The van der Waals surface area contributed by atoms with Crippen molar-refractivity contribution in [3.8, 4) is 11.5 Å². The SMILES string of the molecule is CCOCCOc1ccc(C(=O)NC(=S)NNC(=O)COc2cccc(C)c2C)cc1. The Morgan fingerprint density at radius 3 is 2.42 bits per heavy atom. The van der Waals surface area contributed by atoms with Crippen LogP contribution >= 0.6 is 12.2 Å². The van der Waals surface area contributed by atoms with E-state index < -0.39 is 11.8 Å². The van der Waals surface area contributed by atoms with E-state index in [2.05, 4.69) is 16.2 Å². The minimum absolute atomic E-state index is 0.0397. The van der Waals surface area contributed by atoms with Gasteiger partial charge in [-0.25, -0.2) is 0 Å². The molecule has 0 fully saturated rings. The number of hydrogen-bond donors (Lipinski definition) is 3. The van der Waals surface area contributed by atoms with E-state index in [4.69, 9.17) is 26.4 Å². The normalized spacial score (nSPS) is 10.2. The third-order valence-corrected chi connectivity index (χ3v) is 4.48. The first kappa shape index (κ1) is 24.1. The van der Waals surface area contributed by atoms with Gasteiger partial charge in [-0.05, 0) is 74.4 Å². The van der Waals surface area contributed by atoms with Crippen molar-refractivity contribution in [1.82, 2.24) is 16.2 Å². The van der Waals surface area contributed by atoms with E-state index in [0.29, 0.717) is 36.9 Å². The third kappa shape index (κ3) is 8.23. The summed E-state index contributed by atoms with van der Waals surface area (Å²) in [7, 11) is 0. The second-order valence-electron chi connectivity index (χ2n) is 6.51. The molecule has 0 radical (unpaired) electrons. The molecule has 0 atom stereocenters. The summed E-state index contributed by atoms with van der Waals surface area (Å²) in [5.74, 6) is 0.412. The zero-order chi connectivity index (χ0) is 22.6. The molecule has 0 saturated carbocycles. The summed E-state index contributed by atoms with van der Waals surface area (Å²) < 4.78 is 16.2. The lowest BCUT2D eigenvalue weighted by atomic mass is 10.1. The quantitative estimate of drug-likeness (QED) is 0.310. The van der Waals surface area contributed by atoms with Gasteiger partial charge in [0.25, 0.3) is 11.8 Å². The molecule has 2 aromatic carbocycles. The van der Waals surface area contributed by atoms with Crippen LogP contribution in [0.1, 0.15) is 28.4 Å². The molecule has 0 aliphatic rings. The fourth-order valence-electron chi connectivity index (χ4n) is 2.46. The lowest BCUT2D eigenvalue weighted by Gasteiger charge is -2.13. The summed E-state index contributed by atoms with van der Waals surface area (Å²) in [6, 6.07) is 12.2.